The van der Waals surface area contributed by atoms with E-state index in [1.807, 2.05) is 24.3 Å². The lowest BCUT2D eigenvalue weighted by molar-refractivity contribution is 0.351. The molecule has 36 heavy (non-hydrogen) atoms. The number of para-hydroxylation sites is 2. The number of azo groups is 2. The van der Waals surface area contributed by atoms with E-state index in [2.05, 4.69) is 40.9 Å². The van der Waals surface area contributed by atoms with Crippen molar-refractivity contribution in [2.75, 3.05) is 13.2 Å². The zero-order chi connectivity index (χ0) is 25.3. The number of benzene rings is 2. The number of hydrogen-bond acceptors (Lipinski definition) is 8. The maximum absolute atomic E-state index is 11.7. The molecule has 0 fully saturated rings. The highest BCUT2D eigenvalue weighted by Crippen LogP contribution is 2.29. The van der Waals surface area contributed by atoms with E-state index in [4.69, 9.17) is 9.47 Å². The van der Waals surface area contributed by atoms with Crippen molar-refractivity contribution in [2.24, 2.45) is 20.5 Å². The molecule has 0 amide bonds. The average molecular weight is 489 g/mol. The van der Waals surface area contributed by atoms with Crippen LogP contribution in [0.4, 0.5) is 22.7 Å². The maximum Gasteiger partial charge on any atom is 0.291 e. The molecule has 0 unspecified atom stereocenters. The van der Waals surface area contributed by atoms with Crippen molar-refractivity contribution in [2.45, 2.75) is 13.8 Å². The number of H-pyrrole nitrogens is 4. The van der Waals surface area contributed by atoms with Gasteiger partial charge in [0.15, 0.2) is 11.4 Å². The first-order valence-corrected chi connectivity index (χ1v) is 11.0. The van der Waals surface area contributed by atoms with Gasteiger partial charge in [0.2, 0.25) is 0 Å². The SMILES string of the molecule is Cc1[nH][nH]c(=O)c1N=Nc1ccccc1OC/C=C/COc1ccccc1N=Nc1c(C)[nH][nH]c1=O. The second-order valence-electron chi connectivity index (χ2n) is 7.53. The third-order valence-electron chi connectivity index (χ3n) is 4.95. The number of aromatic amines is 4. The van der Waals surface area contributed by atoms with Crippen LogP contribution in [0.1, 0.15) is 11.4 Å². The molecule has 0 atom stereocenters. The molecule has 0 saturated heterocycles. The fraction of sp³-hybridized carbons (Fsp3) is 0.167. The molecule has 0 bridgehead atoms. The van der Waals surface area contributed by atoms with Crippen molar-refractivity contribution < 1.29 is 9.47 Å². The topological polar surface area (TPSA) is 165 Å². The highest BCUT2D eigenvalue weighted by atomic mass is 16.5. The summed E-state index contributed by atoms with van der Waals surface area (Å²) in [5.41, 5.74) is 1.95. The Morgan fingerprint density at radius 3 is 1.44 bits per heavy atom. The second-order valence-corrected chi connectivity index (χ2v) is 7.53. The number of aromatic nitrogens is 4. The van der Waals surface area contributed by atoms with E-state index < -0.39 is 0 Å². The molecule has 4 rings (SSSR count). The van der Waals surface area contributed by atoms with Crippen molar-refractivity contribution in [3.8, 4) is 11.5 Å². The quantitative estimate of drug-likeness (QED) is 0.178. The van der Waals surface area contributed by atoms with Gasteiger partial charge in [-0.1, -0.05) is 24.3 Å². The number of nitrogens with one attached hydrogen (secondary N) is 4. The van der Waals surface area contributed by atoms with Gasteiger partial charge in [0.05, 0.1) is 11.4 Å². The zero-order valence-corrected chi connectivity index (χ0v) is 19.6. The normalized spacial score (nSPS) is 11.7. The Morgan fingerprint density at radius 2 is 1.06 bits per heavy atom. The first-order valence-electron chi connectivity index (χ1n) is 11.0. The number of nitrogens with zero attached hydrogens (tertiary/aromatic N) is 4. The molecule has 0 aliphatic heterocycles. The van der Waals surface area contributed by atoms with Crippen LogP contribution >= 0.6 is 0 Å². The third-order valence-corrected chi connectivity index (χ3v) is 4.95. The lowest BCUT2D eigenvalue weighted by atomic mass is 10.3. The molecule has 12 nitrogen and oxygen atoms in total. The Balaban J connectivity index is 1.32. The van der Waals surface area contributed by atoms with Gasteiger partial charge in [-0.15, -0.1) is 20.5 Å². The summed E-state index contributed by atoms with van der Waals surface area (Å²) in [5, 5.41) is 26.7. The Labute approximate surface area is 204 Å². The fourth-order valence-electron chi connectivity index (χ4n) is 3.06. The number of rotatable bonds is 10. The van der Waals surface area contributed by atoms with Gasteiger partial charge in [-0.3, -0.25) is 19.8 Å². The summed E-state index contributed by atoms with van der Waals surface area (Å²) < 4.78 is 11.6. The molecule has 0 radical (unpaired) electrons. The average Bonchev–Trinajstić information content (AvgIpc) is 3.38. The summed E-state index contributed by atoms with van der Waals surface area (Å²) in [5.74, 6) is 1.05. The van der Waals surface area contributed by atoms with Crippen LogP contribution in [-0.2, 0) is 0 Å². The predicted octanol–water partition coefficient (Wildman–Crippen LogP) is 5.18. The van der Waals surface area contributed by atoms with Gasteiger partial charge >= 0.3 is 0 Å². The van der Waals surface area contributed by atoms with Crippen LogP contribution in [-0.4, -0.2) is 33.6 Å². The Bertz CT molecular complexity index is 1410. The predicted molar refractivity (Wildman–Crippen MR) is 134 cm³/mol. The Morgan fingerprint density at radius 1 is 0.639 bits per heavy atom. The van der Waals surface area contributed by atoms with Crippen LogP contribution in [0.25, 0.3) is 0 Å². The molecule has 0 aliphatic rings. The standard InChI is InChI=1S/C24H24N8O4/c1-15-21(23(33)31-25-15)29-27-17-9-3-5-11-19(17)35-13-7-8-14-36-20-12-6-4-10-18(20)28-30-22-16(2)26-32-24(22)34/h3-12H,13-14H2,1-2H3,(H2,25,31,33)(H2,26,32,34)/b8-7+,29-27?,30-28?. The van der Waals surface area contributed by atoms with Gasteiger partial charge in [-0.2, -0.15) is 0 Å². The monoisotopic (exact) mass is 488 g/mol. The molecule has 12 heteroatoms. The van der Waals surface area contributed by atoms with Crippen LogP contribution in [0, 0.1) is 13.8 Å². The minimum absolute atomic E-state index is 0.219. The summed E-state index contributed by atoms with van der Waals surface area (Å²) in [6.45, 7) is 4.01. The molecule has 184 valence electrons. The van der Waals surface area contributed by atoms with Gasteiger partial charge in [-0.25, -0.2) is 0 Å². The molecule has 4 aromatic rings. The highest BCUT2D eigenvalue weighted by molar-refractivity contribution is 5.52. The van der Waals surface area contributed by atoms with E-state index in [9.17, 15) is 9.59 Å². The molecule has 4 N–H and O–H groups in total. The summed E-state index contributed by atoms with van der Waals surface area (Å²) in [6, 6.07) is 14.3. The van der Waals surface area contributed by atoms with Gasteiger partial charge in [0, 0.05) is 0 Å². The Kier molecular flexibility index (Phi) is 7.66. The minimum Gasteiger partial charge on any atom is -0.487 e. The lowest BCUT2D eigenvalue weighted by Gasteiger charge is -2.07. The van der Waals surface area contributed by atoms with Crippen LogP contribution in [0.5, 0.6) is 11.5 Å². The molecule has 2 aromatic carbocycles. The summed E-state index contributed by atoms with van der Waals surface area (Å²) >= 11 is 0. The molecule has 2 aromatic heterocycles. The number of ether oxygens (including phenoxy) is 2. The molecular formula is C24H24N8O4. The van der Waals surface area contributed by atoms with Crippen molar-refractivity contribution in [3.05, 3.63) is 92.8 Å². The van der Waals surface area contributed by atoms with Crippen LogP contribution < -0.4 is 20.6 Å². The second kappa shape index (κ2) is 11.4. The third kappa shape index (κ3) is 5.91. The first-order chi connectivity index (χ1) is 17.5. The summed E-state index contributed by atoms with van der Waals surface area (Å²) in [7, 11) is 0. The van der Waals surface area contributed by atoms with Crippen molar-refractivity contribution in [3.63, 3.8) is 0 Å². The zero-order valence-electron chi connectivity index (χ0n) is 19.6. The molecule has 2 heterocycles. The van der Waals surface area contributed by atoms with Crippen molar-refractivity contribution in [1.29, 1.82) is 0 Å². The number of hydrogen-bond donors (Lipinski definition) is 4. The van der Waals surface area contributed by atoms with E-state index in [0.717, 1.165) is 0 Å². The molecular weight excluding hydrogens is 464 g/mol. The minimum atomic E-state index is -0.339. The van der Waals surface area contributed by atoms with E-state index >= 15 is 0 Å². The van der Waals surface area contributed by atoms with Gasteiger partial charge in [-0.05, 0) is 50.3 Å². The van der Waals surface area contributed by atoms with Crippen LogP contribution in [0.2, 0.25) is 0 Å². The maximum atomic E-state index is 11.7. The summed E-state index contributed by atoms with van der Waals surface area (Å²) in [6.07, 6.45) is 3.61. The first kappa shape index (κ1) is 24.1. The van der Waals surface area contributed by atoms with E-state index in [1.54, 1.807) is 50.2 Å². The number of aryl methyl sites for hydroxylation is 2. The molecule has 0 spiro atoms. The van der Waals surface area contributed by atoms with Gasteiger partial charge in [0.1, 0.15) is 36.1 Å². The fourth-order valence-corrected chi connectivity index (χ4v) is 3.06. The molecule has 0 saturated carbocycles. The van der Waals surface area contributed by atoms with Crippen molar-refractivity contribution >= 4 is 22.7 Å². The van der Waals surface area contributed by atoms with E-state index in [0.29, 0.717) is 34.3 Å². The largest absolute Gasteiger partial charge is 0.487 e. The Hall–Kier alpha value is -5.00. The summed E-state index contributed by atoms with van der Waals surface area (Å²) in [4.78, 5) is 23.5. The van der Waals surface area contributed by atoms with E-state index in [-0.39, 0.29) is 35.7 Å². The van der Waals surface area contributed by atoms with Crippen molar-refractivity contribution in [1.82, 2.24) is 20.4 Å². The molecule has 0 aliphatic carbocycles. The van der Waals surface area contributed by atoms with E-state index in [1.165, 1.54) is 0 Å². The van der Waals surface area contributed by atoms with Crippen LogP contribution in [0.3, 0.4) is 0 Å². The van der Waals surface area contributed by atoms with Gasteiger partial charge in [0.25, 0.3) is 11.1 Å². The van der Waals surface area contributed by atoms with Gasteiger partial charge < -0.3 is 19.7 Å². The van der Waals surface area contributed by atoms with Crippen LogP contribution in [0.15, 0.2) is 90.7 Å². The highest BCUT2D eigenvalue weighted by Gasteiger charge is 2.07. The smallest absolute Gasteiger partial charge is 0.291 e. The lowest BCUT2D eigenvalue weighted by Crippen LogP contribution is -1.98.